The molecule has 0 saturated carbocycles. The third-order valence-corrected chi connectivity index (χ3v) is 4.24. The van der Waals surface area contributed by atoms with Crippen LogP contribution in [0.4, 0.5) is 0 Å². The molecule has 6 heteroatoms. The number of para-hydroxylation sites is 2. The standard InChI is InChI=1S/C20H27N5O/c1-3-21-20(23-13-11-17-8-6-15-26-17)22-12-7-14-25-16(2)24-18-9-4-5-10-19(18)25/h4-6,8-10,15H,3,7,11-14H2,1-2H3,(H2,21,22,23). The molecular formula is C20H27N5O. The normalized spacial score (nSPS) is 11.8. The average molecular weight is 353 g/mol. The highest BCUT2D eigenvalue weighted by Crippen LogP contribution is 2.15. The van der Waals surface area contributed by atoms with Crippen molar-refractivity contribution < 1.29 is 4.42 Å². The molecule has 0 unspecified atom stereocenters. The van der Waals surface area contributed by atoms with Gasteiger partial charge in [-0.25, -0.2) is 4.98 Å². The summed E-state index contributed by atoms with van der Waals surface area (Å²) in [5.74, 6) is 2.89. The number of benzene rings is 1. The Hall–Kier alpha value is -2.76. The van der Waals surface area contributed by atoms with Crippen molar-refractivity contribution in [2.24, 2.45) is 4.99 Å². The van der Waals surface area contributed by atoms with E-state index in [0.717, 1.165) is 62.1 Å². The lowest BCUT2D eigenvalue weighted by Crippen LogP contribution is -2.38. The zero-order valence-corrected chi connectivity index (χ0v) is 15.5. The number of fused-ring (bicyclic) bond motifs is 1. The van der Waals surface area contributed by atoms with Crippen molar-refractivity contribution in [3.63, 3.8) is 0 Å². The van der Waals surface area contributed by atoms with Crippen LogP contribution < -0.4 is 10.6 Å². The number of aliphatic imine (C=N–C) groups is 1. The summed E-state index contributed by atoms with van der Waals surface area (Å²) in [5, 5.41) is 6.64. The van der Waals surface area contributed by atoms with E-state index in [0.29, 0.717) is 0 Å². The van der Waals surface area contributed by atoms with Crippen LogP contribution in [0.3, 0.4) is 0 Å². The Labute approximate surface area is 154 Å². The van der Waals surface area contributed by atoms with E-state index < -0.39 is 0 Å². The Kier molecular flexibility index (Phi) is 6.30. The van der Waals surface area contributed by atoms with Crippen LogP contribution in [-0.2, 0) is 13.0 Å². The molecule has 0 spiro atoms. The van der Waals surface area contributed by atoms with Gasteiger partial charge in [0.2, 0.25) is 0 Å². The fourth-order valence-corrected chi connectivity index (χ4v) is 3.00. The number of furan rings is 1. The lowest BCUT2D eigenvalue weighted by molar-refractivity contribution is 0.506. The third kappa shape index (κ3) is 4.65. The molecule has 0 amide bonds. The van der Waals surface area contributed by atoms with Gasteiger partial charge in [-0.15, -0.1) is 0 Å². The molecule has 3 aromatic rings. The number of nitrogens with one attached hydrogen (secondary N) is 2. The van der Waals surface area contributed by atoms with Gasteiger partial charge in [-0.05, 0) is 44.5 Å². The summed E-state index contributed by atoms with van der Waals surface area (Å²) in [6, 6.07) is 12.2. The van der Waals surface area contributed by atoms with Crippen molar-refractivity contribution in [3.05, 3.63) is 54.2 Å². The van der Waals surface area contributed by atoms with Crippen molar-refractivity contribution in [3.8, 4) is 0 Å². The molecule has 3 rings (SSSR count). The van der Waals surface area contributed by atoms with Crippen LogP contribution in [0.2, 0.25) is 0 Å². The summed E-state index contributed by atoms with van der Waals surface area (Å²) in [6.07, 6.45) is 3.52. The molecule has 0 aliphatic carbocycles. The van der Waals surface area contributed by atoms with Gasteiger partial charge in [0, 0.05) is 32.6 Å². The largest absolute Gasteiger partial charge is 0.469 e. The van der Waals surface area contributed by atoms with Gasteiger partial charge < -0.3 is 19.6 Å². The number of aromatic nitrogens is 2. The molecule has 2 aromatic heterocycles. The first-order chi connectivity index (χ1) is 12.8. The maximum Gasteiger partial charge on any atom is 0.191 e. The number of rotatable bonds is 8. The van der Waals surface area contributed by atoms with E-state index in [2.05, 4.69) is 57.2 Å². The van der Waals surface area contributed by atoms with Gasteiger partial charge in [-0.1, -0.05) is 12.1 Å². The van der Waals surface area contributed by atoms with Gasteiger partial charge in [0.1, 0.15) is 11.6 Å². The van der Waals surface area contributed by atoms with Crippen LogP contribution in [0.1, 0.15) is 24.9 Å². The van der Waals surface area contributed by atoms with E-state index in [4.69, 9.17) is 4.42 Å². The second-order valence-electron chi connectivity index (χ2n) is 6.17. The third-order valence-electron chi connectivity index (χ3n) is 4.24. The Balaban J connectivity index is 1.50. The van der Waals surface area contributed by atoms with Crippen molar-refractivity contribution >= 4 is 17.0 Å². The molecule has 2 heterocycles. The lowest BCUT2D eigenvalue weighted by atomic mass is 10.3. The first kappa shape index (κ1) is 18.0. The lowest BCUT2D eigenvalue weighted by Gasteiger charge is -2.11. The smallest absolute Gasteiger partial charge is 0.191 e. The maximum absolute atomic E-state index is 5.35. The van der Waals surface area contributed by atoms with Crippen molar-refractivity contribution in [2.75, 3.05) is 19.6 Å². The molecule has 0 aliphatic rings. The van der Waals surface area contributed by atoms with Crippen LogP contribution in [0.15, 0.2) is 52.1 Å². The highest BCUT2D eigenvalue weighted by molar-refractivity contribution is 5.79. The van der Waals surface area contributed by atoms with E-state index in [1.807, 2.05) is 18.2 Å². The Morgan fingerprint density at radius 3 is 2.88 bits per heavy atom. The minimum atomic E-state index is 0.766. The zero-order valence-electron chi connectivity index (χ0n) is 15.5. The first-order valence-corrected chi connectivity index (χ1v) is 9.24. The van der Waals surface area contributed by atoms with Gasteiger partial charge in [-0.2, -0.15) is 0 Å². The van der Waals surface area contributed by atoms with Crippen LogP contribution in [0, 0.1) is 6.92 Å². The number of hydrogen-bond acceptors (Lipinski definition) is 3. The summed E-state index contributed by atoms with van der Waals surface area (Å²) in [7, 11) is 0. The van der Waals surface area contributed by atoms with E-state index in [-0.39, 0.29) is 0 Å². The van der Waals surface area contributed by atoms with E-state index in [1.165, 1.54) is 5.52 Å². The van der Waals surface area contributed by atoms with Crippen molar-refractivity contribution in [1.29, 1.82) is 0 Å². The molecule has 26 heavy (non-hydrogen) atoms. The molecule has 0 aliphatic heterocycles. The second kappa shape index (κ2) is 9.08. The van der Waals surface area contributed by atoms with E-state index >= 15 is 0 Å². The van der Waals surface area contributed by atoms with Crippen molar-refractivity contribution in [1.82, 2.24) is 20.2 Å². The highest BCUT2D eigenvalue weighted by atomic mass is 16.3. The van der Waals surface area contributed by atoms with Gasteiger partial charge >= 0.3 is 0 Å². The Morgan fingerprint density at radius 1 is 1.19 bits per heavy atom. The van der Waals surface area contributed by atoms with Crippen molar-refractivity contribution in [2.45, 2.75) is 33.2 Å². The van der Waals surface area contributed by atoms with Gasteiger partial charge in [0.05, 0.1) is 17.3 Å². The predicted octanol–water partition coefficient (Wildman–Crippen LogP) is 3.13. The summed E-state index contributed by atoms with van der Waals surface area (Å²) < 4.78 is 7.62. The first-order valence-electron chi connectivity index (χ1n) is 9.24. The molecule has 0 atom stereocenters. The molecule has 0 fully saturated rings. The SMILES string of the molecule is CCNC(=NCCCn1c(C)nc2ccccc21)NCCc1ccco1. The topological polar surface area (TPSA) is 67.4 Å². The minimum Gasteiger partial charge on any atom is -0.469 e. The van der Waals surface area contributed by atoms with Crippen LogP contribution >= 0.6 is 0 Å². The molecule has 6 nitrogen and oxygen atoms in total. The maximum atomic E-state index is 5.35. The highest BCUT2D eigenvalue weighted by Gasteiger charge is 2.06. The minimum absolute atomic E-state index is 0.766. The number of guanidine groups is 1. The zero-order chi connectivity index (χ0) is 18.2. The Morgan fingerprint density at radius 2 is 2.08 bits per heavy atom. The molecule has 2 N–H and O–H groups in total. The van der Waals surface area contributed by atoms with Gasteiger partial charge in [-0.3, -0.25) is 4.99 Å². The van der Waals surface area contributed by atoms with E-state index in [1.54, 1.807) is 6.26 Å². The van der Waals surface area contributed by atoms with Gasteiger partial charge in [0.25, 0.3) is 0 Å². The van der Waals surface area contributed by atoms with Crippen LogP contribution in [0.25, 0.3) is 11.0 Å². The predicted molar refractivity (Wildman–Crippen MR) is 105 cm³/mol. The fourth-order valence-electron chi connectivity index (χ4n) is 3.00. The molecule has 138 valence electrons. The Bertz CT molecular complexity index is 835. The number of nitrogens with zero attached hydrogens (tertiary/aromatic N) is 3. The second-order valence-corrected chi connectivity index (χ2v) is 6.17. The molecule has 0 radical (unpaired) electrons. The molecule has 1 aromatic carbocycles. The number of hydrogen-bond donors (Lipinski definition) is 2. The number of imidazole rings is 1. The quantitative estimate of drug-likeness (QED) is 0.371. The molecule has 0 saturated heterocycles. The fraction of sp³-hybridized carbons (Fsp3) is 0.400. The molecule has 0 bridgehead atoms. The monoisotopic (exact) mass is 353 g/mol. The van der Waals surface area contributed by atoms with E-state index in [9.17, 15) is 0 Å². The number of aryl methyl sites for hydroxylation is 2. The summed E-state index contributed by atoms with van der Waals surface area (Å²) >= 11 is 0. The average Bonchev–Trinajstić information content (AvgIpc) is 3.26. The van der Waals surface area contributed by atoms with Gasteiger partial charge in [0.15, 0.2) is 5.96 Å². The van der Waals surface area contributed by atoms with Crippen LogP contribution in [0.5, 0.6) is 0 Å². The van der Waals surface area contributed by atoms with Crippen LogP contribution in [-0.4, -0.2) is 35.1 Å². The summed E-state index contributed by atoms with van der Waals surface area (Å²) in [5.41, 5.74) is 2.25. The summed E-state index contributed by atoms with van der Waals surface area (Å²) in [4.78, 5) is 9.29. The molecular weight excluding hydrogens is 326 g/mol. The summed E-state index contributed by atoms with van der Waals surface area (Å²) in [6.45, 7) is 7.46.